The molecule has 0 radical (unpaired) electrons. The average molecular weight is 563 g/mol. The molecule has 1 fully saturated rings. The van der Waals surface area contributed by atoms with Gasteiger partial charge in [-0.3, -0.25) is 4.68 Å². The summed E-state index contributed by atoms with van der Waals surface area (Å²) < 4.78 is 22.0. The lowest BCUT2D eigenvalue weighted by atomic mass is 10.1. The van der Waals surface area contributed by atoms with Crippen LogP contribution in [0.4, 0.5) is 5.82 Å². The first-order chi connectivity index (χ1) is 19.0. The van der Waals surface area contributed by atoms with Crippen LogP contribution in [0.1, 0.15) is 51.6 Å². The Balaban J connectivity index is 1.48. The van der Waals surface area contributed by atoms with E-state index in [-0.39, 0.29) is 11.1 Å². The van der Waals surface area contributed by atoms with Gasteiger partial charge in [-0.05, 0) is 55.6 Å². The number of nitrogens with one attached hydrogen (secondary N) is 1. The minimum absolute atomic E-state index is 0.192. The summed E-state index contributed by atoms with van der Waals surface area (Å²) in [6, 6.07) is 8.19. The normalized spacial score (nSPS) is 17.9. The Morgan fingerprint density at radius 3 is 2.55 bits per heavy atom. The molecule has 40 heavy (non-hydrogen) atoms. The van der Waals surface area contributed by atoms with Crippen LogP contribution in [0.15, 0.2) is 43.0 Å². The van der Waals surface area contributed by atoms with Crippen LogP contribution in [0.5, 0.6) is 11.5 Å². The quantitative estimate of drug-likeness (QED) is 0.231. The maximum absolute atomic E-state index is 6.82. The molecule has 1 saturated carbocycles. The molecule has 9 nitrogen and oxygen atoms in total. The minimum Gasteiger partial charge on any atom is -0.497 e. The number of hydrogen-bond acceptors (Lipinski definition) is 7. The molecule has 3 aromatic heterocycles. The minimum atomic E-state index is -1.84. The van der Waals surface area contributed by atoms with Crippen molar-refractivity contribution in [3.8, 4) is 22.8 Å². The maximum Gasteiger partial charge on any atom is 0.192 e. The highest BCUT2D eigenvalue weighted by Crippen LogP contribution is 2.43. The van der Waals surface area contributed by atoms with E-state index in [0.29, 0.717) is 12.6 Å². The first-order valence-electron chi connectivity index (χ1n) is 14.0. The van der Waals surface area contributed by atoms with E-state index in [9.17, 15) is 0 Å². The van der Waals surface area contributed by atoms with Gasteiger partial charge in [0.05, 0.1) is 25.3 Å². The fraction of sp³-hybridized carbons (Fsp3) is 0.500. The van der Waals surface area contributed by atoms with Gasteiger partial charge in [-0.2, -0.15) is 5.10 Å². The number of hydrogen-bond donors (Lipinski definition) is 1. The van der Waals surface area contributed by atoms with E-state index < -0.39 is 8.32 Å². The van der Waals surface area contributed by atoms with Gasteiger partial charge >= 0.3 is 0 Å². The summed E-state index contributed by atoms with van der Waals surface area (Å²) in [5, 5.41) is 9.46. The summed E-state index contributed by atoms with van der Waals surface area (Å²) in [6.07, 6.45) is 9.19. The number of benzene rings is 1. The van der Waals surface area contributed by atoms with Gasteiger partial charge in [0.15, 0.2) is 8.32 Å². The van der Waals surface area contributed by atoms with Gasteiger partial charge in [-0.25, -0.2) is 9.97 Å². The van der Waals surface area contributed by atoms with Crippen molar-refractivity contribution in [1.29, 1.82) is 0 Å². The number of nitrogens with zero attached hydrogens (tertiary/aromatic N) is 5. The van der Waals surface area contributed by atoms with Crippen molar-refractivity contribution in [2.45, 2.75) is 76.9 Å². The number of methoxy groups -OCH3 is 2. The summed E-state index contributed by atoms with van der Waals surface area (Å²) in [7, 11) is 3.42. The molecule has 2 atom stereocenters. The second kappa shape index (κ2) is 10.9. The second-order valence-electron chi connectivity index (χ2n) is 12.2. The first kappa shape index (κ1) is 28.2. The Kier molecular flexibility index (Phi) is 7.67. The fourth-order valence-corrected chi connectivity index (χ4v) is 6.70. The van der Waals surface area contributed by atoms with Crippen molar-refractivity contribution in [3.05, 3.63) is 48.5 Å². The molecule has 0 saturated heterocycles. The van der Waals surface area contributed by atoms with Crippen molar-refractivity contribution in [3.63, 3.8) is 0 Å². The Hall–Kier alpha value is -3.37. The summed E-state index contributed by atoms with van der Waals surface area (Å²) >= 11 is 0. The Labute approximate surface area is 238 Å². The molecule has 5 rings (SSSR count). The molecule has 0 amide bonds. The van der Waals surface area contributed by atoms with Gasteiger partial charge in [0.1, 0.15) is 29.3 Å². The lowest BCUT2D eigenvalue weighted by Crippen LogP contribution is -2.43. The highest BCUT2D eigenvalue weighted by Gasteiger charge is 2.41. The van der Waals surface area contributed by atoms with E-state index in [4.69, 9.17) is 24.0 Å². The standard InChI is InChI=1S/C30H42N6O3Si/c1-30(2,3)40(7,8)39-23-12-10-21(15-23)36-18-24(25-13-14-35(4)34-25)27-28(32-19-33-29(27)36)31-17-20-9-11-22(37-5)16-26(20)38-6/h9,11,13-14,16,18-19,21,23H,10,12,15,17H2,1-8H3,(H,31,32,33)/t21-,23+/m1/s1. The van der Waals surface area contributed by atoms with Crippen molar-refractivity contribution in [2.24, 2.45) is 7.05 Å². The number of aryl methyl sites for hydroxylation is 1. The van der Waals surface area contributed by atoms with Crippen LogP contribution in [0.2, 0.25) is 18.1 Å². The lowest BCUT2D eigenvalue weighted by molar-refractivity contribution is 0.183. The van der Waals surface area contributed by atoms with Gasteiger partial charge in [-0.1, -0.05) is 20.8 Å². The smallest absolute Gasteiger partial charge is 0.192 e. The second-order valence-corrected chi connectivity index (χ2v) is 17.0. The number of fused-ring (bicyclic) bond motifs is 1. The highest BCUT2D eigenvalue weighted by molar-refractivity contribution is 6.74. The van der Waals surface area contributed by atoms with Crippen LogP contribution in [-0.2, 0) is 18.0 Å². The molecule has 0 unspecified atom stereocenters. The third-order valence-corrected chi connectivity index (χ3v) is 13.1. The van der Waals surface area contributed by atoms with E-state index in [2.05, 4.69) is 54.9 Å². The fourth-order valence-electron chi connectivity index (χ4n) is 5.30. The molecular formula is C30H42N6O3Si. The lowest BCUT2D eigenvalue weighted by Gasteiger charge is -2.38. The first-order valence-corrected chi connectivity index (χ1v) is 16.9. The van der Waals surface area contributed by atoms with E-state index >= 15 is 0 Å². The molecule has 0 bridgehead atoms. The van der Waals surface area contributed by atoms with Gasteiger partial charge in [0, 0.05) is 55.3 Å². The molecular weight excluding hydrogens is 520 g/mol. The zero-order valence-corrected chi connectivity index (χ0v) is 26.0. The Morgan fingerprint density at radius 1 is 1.07 bits per heavy atom. The van der Waals surface area contributed by atoms with Crippen LogP contribution in [0, 0.1) is 0 Å². The van der Waals surface area contributed by atoms with Gasteiger partial charge in [0.2, 0.25) is 0 Å². The van der Waals surface area contributed by atoms with Crippen LogP contribution >= 0.6 is 0 Å². The van der Waals surface area contributed by atoms with Crippen molar-refractivity contribution in [2.75, 3.05) is 19.5 Å². The van der Waals surface area contributed by atoms with Crippen molar-refractivity contribution < 1.29 is 13.9 Å². The third-order valence-electron chi connectivity index (χ3n) is 8.56. The summed E-state index contributed by atoms with van der Waals surface area (Å²) in [5.41, 5.74) is 3.85. The predicted molar refractivity (Wildman–Crippen MR) is 162 cm³/mol. The van der Waals surface area contributed by atoms with Crippen molar-refractivity contribution in [1.82, 2.24) is 24.3 Å². The van der Waals surface area contributed by atoms with Crippen LogP contribution in [0.25, 0.3) is 22.3 Å². The molecule has 0 spiro atoms. The number of ether oxygens (including phenoxy) is 2. The zero-order chi connectivity index (χ0) is 28.7. The highest BCUT2D eigenvalue weighted by atomic mass is 28.4. The average Bonchev–Trinajstić information content (AvgIpc) is 3.65. The SMILES string of the molecule is COc1ccc(CNc2ncnc3c2c(-c2ccn(C)n2)cn3[C@@H]2CC[C@H](O[Si](C)(C)C(C)(C)C)C2)c(OC)c1. The largest absolute Gasteiger partial charge is 0.497 e. The summed E-state index contributed by atoms with van der Waals surface area (Å²) in [6.45, 7) is 12.1. The van der Waals surface area contributed by atoms with Crippen LogP contribution in [0.3, 0.4) is 0 Å². The van der Waals surface area contributed by atoms with E-state index in [1.54, 1.807) is 20.5 Å². The number of aromatic nitrogens is 5. The Bertz CT molecular complexity index is 1490. The van der Waals surface area contributed by atoms with E-state index in [1.165, 1.54) is 0 Å². The molecule has 214 valence electrons. The number of rotatable bonds is 9. The van der Waals surface area contributed by atoms with E-state index in [1.807, 2.05) is 42.2 Å². The maximum atomic E-state index is 6.82. The summed E-state index contributed by atoms with van der Waals surface area (Å²) in [4.78, 5) is 9.47. The molecule has 10 heteroatoms. The molecule has 3 heterocycles. The molecule has 0 aliphatic heterocycles. The van der Waals surface area contributed by atoms with Gasteiger partial charge < -0.3 is 23.8 Å². The van der Waals surface area contributed by atoms with E-state index in [0.717, 1.165) is 64.4 Å². The monoisotopic (exact) mass is 562 g/mol. The van der Waals surface area contributed by atoms with Crippen LogP contribution < -0.4 is 14.8 Å². The zero-order valence-electron chi connectivity index (χ0n) is 25.0. The Morgan fingerprint density at radius 2 is 1.88 bits per heavy atom. The third kappa shape index (κ3) is 5.47. The van der Waals surface area contributed by atoms with Crippen LogP contribution in [-0.4, -0.2) is 53.0 Å². The predicted octanol–water partition coefficient (Wildman–Crippen LogP) is 6.58. The molecule has 1 aromatic carbocycles. The molecule has 1 aliphatic carbocycles. The topological polar surface area (TPSA) is 88.2 Å². The number of anilines is 1. The molecule has 4 aromatic rings. The van der Waals surface area contributed by atoms with Gasteiger partial charge in [-0.15, -0.1) is 0 Å². The van der Waals surface area contributed by atoms with Gasteiger partial charge in [0.25, 0.3) is 0 Å². The van der Waals surface area contributed by atoms with Crippen molar-refractivity contribution >= 4 is 25.2 Å². The summed E-state index contributed by atoms with van der Waals surface area (Å²) in [5.74, 6) is 2.29. The molecule has 1 N–H and O–H groups in total. The molecule has 1 aliphatic rings.